The van der Waals surface area contributed by atoms with Gasteiger partial charge in [-0.05, 0) is 25.1 Å². The Kier molecular flexibility index (Phi) is 5.17. The third-order valence-electron chi connectivity index (χ3n) is 2.58. The number of nitrogens with zero attached hydrogens (tertiary/aromatic N) is 1. The van der Waals surface area contributed by atoms with Crippen molar-refractivity contribution in [3.05, 3.63) is 23.8 Å². The van der Waals surface area contributed by atoms with E-state index >= 15 is 0 Å². The first-order valence-corrected chi connectivity index (χ1v) is 6.07. The van der Waals surface area contributed by atoms with Gasteiger partial charge in [-0.1, -0.05) is 0 Å². The highest BCUT2D eigenvalue weighted by atomic mass is 16.2. The van der Waals surface area contributed by atoms with Crippen LogP contribution >= 0.6 is 0 Å². The number of benzene rings is 1. The highest BCUT2D eigenvalue weighted by molar-refractivity contribution is 5.96. The number of hydrogen-bond donors (Lipinski definition) is 3. The zero-order valence-corrected chi connectivity index (χ0v) is 11.5. The Bertz CT molecular complexity index is 472. The van der Waals surface area contributed by atoms with Gasteiger partial charge in [0.15, 0.2) is 0 Å². The predicted octanol–water partition coefficient (Wildman–Crippen LogP) is 0.519. The molecule has 0 heterocycles. The highest BCUT2D eigenvalue weighted by Gasteiger charge is 2.09. The van der Waals surface area contributed by atoms with Gasteiger partial charge in [0.1, 0.15) is 0 Å². The van der Waals surface area contributed by atoms with Crippen molar-refractivity contribution in [2.24, 2.45) is 0 Å². The summed E-state index contributed by atoms with van der Waals surface area (Å²) in [5.41, 5.74) is 7.40. The van der Waals surface area contributed by atoms with Crippen molar-refractivity contribution in [1.29, 1.82) is 0 Å². The summed E-state index contributed by atoms with van der Waals surface area (Å²) in [5.74, 6) is -0.229. The van der Waals surface area contributed by atoms with E-state index in [1.54, 1.807) is 32.3 Å². The van der Waals surface area contributed by atoms with Gasteiger partial charge in [0.2, 0.25) is 5.91 Å². The third-order valence-corrected chi connectivity index (χ3v) is 2.58. The number of nitrogen functional groups attached to an aromatic ring is 1. The number of rotatable bonds is 5. The smallest absolute Gasteiger partial charge is 0.251 e. The van der Waals surface area contributed by atoms with Gasteiger partial charge >= 0.3 is 0 Å². The van der Waals surface area contributed by atoms with Gasteiger partial charge in [-0.15, -0.1) is 0 Å². The van der Waals surface area contributed by atoms with Crippen molar-refractivity contribution in [2.75, 3.05) is 38.2 Å². The molecule has 0 bridgehead atoms. The van der Waals surface area contributed by atoms with E-state index in [0.29, 0.717) is 23.5 Å². The number of carbonyl (C=O) groups is 2. The fourth-order valence-electron chi connectivity index (χ4n) is 1.44. The number of likely N-dealkylation sites (N-methyl/N-ethyl adjacent to an activating group) is 1. The van der Waals surface area contributed by atoms with Crippen molar-refractivity contribution in [1.82, 2.24) is 10.2 Å². The first kappa shape index (κ1) is 14.8. The summed E-state index contributed by atoms with van der Waals surface area (Å²) in [6, 6.07) is 4.94. The Morgan fingerprint density at radius 1 is 1.32 bits per heavy atom. The molecule has 0 spiro atoms. The maximum Gasteiger partial charge on any atom is 0.251 e. The first-order valence-electron chi connectivity index (χ1n) is 6.07. The fraction of sp³-hybridized carbons (Fsp3) is 0.385. The van der Waals surface area contributed by atoms with Gasteiger partial charge in [0.05, 0.1) is 17.9 Å². The quantitative estimate of drug-likeness (QED) is 0.677. The van der Waals surface area contributed by atoms with Gasteiger partial charge in [-0.25, -0.2) is 0 Å². The Balaban J connectivity index is 2.80. The average Bonchev–Trinajstić information content (AvgIpc) is 2.37. The molecule has 0 aliphatic rings. The van der Waals surface area contributed by atoms with Crippen LogP contribution in [0.15, 0.2) is 18.2 Å². The maximum atomic E-state index is 11.7. The van der Waals surface area contributed by atoms with Gasteiger partial charge in [-0.2, -0.15) is 0 Å². The minimum atomic E-state index is -0.163. The third kappa shape index (κ3) is 4.17. The minimum absolute atomic E-state index is 0.0668. The molecule has 0 saturated heterocycles. The normalized spacial score (nSPS) is 9.84. The highest BCUT2D eigenvalue weighted by Crippen LogP contribution is 2.19. The standard InChI is InChI=1S/C13H20N4O2/c1-4-15-13(19)9-5-6-10(14)11(7-9)16-8-12(18)17(2)3/h5-7,16H,4,8,14H2,1-3H3,(H,15,19). The zero-order valence-electron chi connectivity index (χ0n) is 11.5. The van der Waals surface area contributed by atoms with Crippen LogP contribution in [-0.2, 0) is 4.79 Å². The molecule has 1 rings (SSSR count). The summed E-state index contributed by atoms with van der Waals surface area (Å²) in [6.45, 7) is 2.55. The van der Waals surface area contributed by atoms with E-state index < -0.39 is 0 Å². The topological polar surface area (TPSA) is 87.5 Å². The second-order valence-electron chi connectivity index (χ2n) is 4.30. The average molecular weight is 264 g/mol. The Morgan fingerprint density at radius 2 is 2.00 bits per heavy atom. The molecule has 0 aliphatic carbocycles. The van der Waals surface area contributed by atoms with Gasteiger partial charge in [-0.3, -0.25) is 9.59 Å². The SMILES string of the molecule is CCNC(=O)c1ccc(N)c(NCC(=O)N(C)C)c1. The van der Waals surface area contributed by atoms with Crippen molar-refractivity contribution in [3.8, 4) is 0 Å². The molecule has 0 aliphatic heterocycles. The van der Waals surface area contributed by atoms with E-state index in [2.05, 4.69) is 10.6 Å². The lowest BCUT2D eigenvalue weighted by Crippen LogP contribution is -2.29. The molecule has 0 atom stereocenters. The van der Waals surface area contributed by atoms with Crippen LogP contribution in [0.2, 0.25) is 0 Å². The van der Waals surface area contributed by atoms with Gasteiger partial charge in [0.25, 0.3) is 5.91 Å². The van der Waals surface area contributed by atoms with E-state index in [0.717, 1.165) is 0 Å². The Labute approximate surface area is 113 Å². The first-order chi connectivity index (χ1) is 8.95. The molecular weight excluding hydrogens is 244 g/mol. The number of carbonyl (C=O) groups excluding carboxylic acids is 2. The molecule has 1 aromatic rings. The Morgan fingerprint density at radius 3 is 2.58 bits per heavy atom. The number of anilines is 2. The molecule has 6 heteroatoms. The fourth-order valence-corrected chi connectivity index (χ4v) is 1.44. The molecular formula is C13H20N4O2. The monoisotopic (exact) mass is 264 g/mol. The number of nitrogens with two attached hydrogens (primary N) is 1. The van der Waals surface area contributed by atoms with Gasteiger partial charge in [0, 0.05) is 26.2 Å². The van der Waals surface area contributed by atoms with Crippen LogP contribution in [0.4, 0.5) is 11.4 Å². The largest absolute Gasteiger partial charge is 0.397 e. The molecule has 4 N–H and O–H groups in total. The lowest BCUT2D eigenvalue weighted by Gasteiger charge is -2.14. The van der Waals surface area contributed by atoms with Crippen LogP contribution in [0.5, 0.6) is 0 Å². The van der Waals surface area contributed by atoms with Crippen LogP contribution in [0.1, 0.15) is 17.3 Å². The Hall–Kier alpha value is -2.24. The van der Waals surface area contributed by atoms with E-state index in [-0.39, 0.29) is 18.4 Å². The van der Waals surface area contributed by atoms with Crippen LogP contribution in [0, 0.1) is 0 Å². The summed E-state index contributed by atoms with van der Waals surface area (Å²) in [4.78, 5) is 24.7. The van der Waals surface area contributed by atoms with Crippen LogP contribution in [0.3, 0.4) is 0 Å². The molecule has 1 aromatic carbocycles. The van der Waals surface area contributed by atoms with Crippen molar-refractivity contribution in [2.45, 2.75) is 6.92 Å². The van der Waals surface area contributed by atoms with E-state index in [1.165, 1.54) is 4.90 Å². The van der Waals surface area contributed by atoms with E-state index in [4.69, 9.17) is 5.73 Å². The second-order valence-corrected chi connectivity index (χ2v) is 4.30. The van der Waals surface area contributed by atoms with Crippen LogP contribution in [0.25, 0.3) is 0 Å². The summed E-state index contributed by atoms with van der Waals surface area (Å²) in [7, 11) is 3.36. The molecule has 0 radical (unpaired) electrons. The maximum absolute atomic E-state index is 11.7. The molecule has 0 fully saturated rings. The molecule has 104 valence electrons. The minimum Gasteiger partial charge on any atom is -0.397 e. The molecule has 19 heavy (non-hydrogen) atoms. The number of hydrogen-bond acceptors (Lipinski definition) is 4. The lowest BCUT2D eigenvalue weighted by atomic mass is 10.1. The second kappa shape index (κ2) is 6.63. The number of nitrogens with one attached hydrogen (secondary N) is 2. The van der Waals surface area contributed by atoms with Crippen molar-refractivity contribution >= 4 is 23.2 Å². The number of amides is 2. The lowest BCUT2D eigenvalue weighted by molar-refractivity contribution is -0.126. The molecule has 2 amide bonds. The van der Waals surface area contributed by atoms with Crippen LogP contribution < -0.4 is 16.4 Å². The van der Waals surface area contributed by atoms with Crippen molar-refractivity contribution in [3.63, 3.8) is 0 Å². The van der Waals surface area contributed by atoms with E-state index in [1.807, 2.05) is 6.92 Å². The molecule has 0 saturated carbocycles. The molecule has 0 aromatic heterocycles. The summed E-state index contributed by atoms with van der Waals surface area (Å²) in [6.07, 6.45) is 0. The van der Waals surface area contributed by atoms with E-state index in [9.17, 15) is 9.59 Å². The summed E-state index contributed by atoms with van der Waals surface area (Å²) >= 11 is 0. The van der Waals surface area contributed by atoms with Crippen LogP contribution in [-0.4, -0.2) is 43.9 Å². The molecule has 6 nitrogen and oxygen atoms in total. The summed E-state index contributed by atoms with van der Waals surface area (Å²) < 4.78 is 0. The zero-order chi connectivity index (χ0) is 14.4. The predicted molar refractivity (Wildman–Crippen MR) is 76.0 cm³/mol. The summed E-state index contributed by atoms with van der Waals surface area (Å²) in [5, 5.41) is 5.64. The molecule has 0 unspecified atom stereocenters. The van der Waals surface area contributed by atoms with Gasteiger partial charge < -0.3 is 21.3 Å². The van der Waals surface area contributed by atoms with Crippen molar-refractivity contribution < 1.29 is 9.59 Å².